The van der Waals surface area contributed by atoms with Crippen molar-refractivity contribution in [3.05, 3.63) is 22.7 Å². The average Bonchev–Trinajstić information content (AvgIpc) is 2.31. The molecule has 1 N–H and O–H groups in total. The van der Waals surface area contributed by atoms with Gasteiger partial charge in [0.25, 0.3) is 0 Å². The molecule has 0 aliphatic carbocycles. The van der Waals surface area contributed by atoms with Crippen LogP contribution in [0.5, 0.6) is 5.75 Å². The van der Waals surface area contributed by atoms with Crippen LogP contribution < -0.4 is 9.46 Å². The predicted molar refractivity (Wildman–Crippen MR) is 72.8 cm³/mol. The fourth-order valence-corrected chi connectivity index (χ4v) is 3.15. The smallest absolute Gasteiger partial charge is 0.244 e. The van der Waals surface area contributed by atoms with Gasteiger partial charge in [0.2, 0.25) is 10.0 Å². The number of halogens is 1. The molecule has 1 rings (SSSR count). The number of sulfonamides is 1. The summed E-state index contributed by atoms with van der Waals surface area (Å²) in [6.45, 7) is 5.51. The Bertz CT molecular complexity index is 528. The van der Waals surface area contributed by atoms with Gasteiger partial charge in [0, 0.05) is 11.1 Å². The lowest BCUT2D eigenvalue weighted by Crippen LogP contribution is -2.32. The fourth-order valence-electron chi connectivity index (χ4n) is 1.42. The van der Waals surface area contributed by atoms with Crippen LogP contribution in [0.4, 0.5) is 0 Å². The van der Waals surface area contributed by atoms with E-state index in [9.17, 15) is 8.42 Å². The molecule has 4 nitrogen and oxygen atoms in total. The Balaban J connectivity index is 3.27. The summed E-state index contributed by atoms with van der Waals surface area (Å²) in [5.74, 6) is 0.299. The van der Waals surface area contributed by atoms with Gasteiger partial charge in [-0.1, -0.05) is 18.5 Å². The van der Waals surface area contributed by atoms with Crippen LogP contribution in [0.15, 0.2) is 17.0 Å². The van der Waals surface area contributed by atoms with E-state index >= 15 is 0 Å². The Labute approximate surface area is 113 Å². The zero-order valence-corrected chi connectivity index (χ0v) is 12.5. The van der Waals surface area contributed by atoms with Crippen molar-refractivity contribution in [2.24, 2.45) is 0 Å². The Kier molecular flexibility index (Phi) is 5.01. The van der Waals surface area contributed by atoms with Gasteiger partial charge < -0.3 is 4.74 Å². The van der Waals surface area contributed by atoms with Gasteiger partial charge >= 0.3 is 0 Å². The van der Waals surface area contributed by atoms with E-state index in [1.54, 1.807) is 19.9 Å². The second-order valence-electron chi connectivity index (χ2n) is 4.18. The molecular formula is C12H18ClNO3S. The van der Waals surface area contributed by atoms with Crippen LogP contribution in [0.2, 0.25) is 5.02 Å². The number of hydrogen-bond donors (Lipinski definition) is 1. The van der Waals surface area contributed by atoms with Crippen LogP contribution in [0.25, 0.3) is 0 Å². The van der Waals surface area contributed by atoms with E-state index in [0.29, 0.717) is 17.2 Å². The molecular weight excluding hydrogens is 274 g/mol. The van der Waals surface area contributed by atoms with Crippen molar-refractivity contribution in [2.75, 3.05) is 7.11 Å². The van der Waals surface area contributed by atoms with E-state index in [0.717, 1.165) is 5.56 Å². The normalized spacial score (nSPS) is 13.4. The van der Waals surface area contributed by atoms with E-state index < -0.39 is 10.0 Å². The van der Waals surface area contributed by atoms with Gasteiger partial charge in [0.15, 0.2) is 0 Å². The minimum atomic E-state index is -3.61. The molecule has 0 radical (unpaired) electrons. The second kappa shape index (κ2) is 5.91. The lowest BCUT2D eigenvalue weighted by Gasteiger charge is -2.15. The summed E-state index contributed by atoms with van der Waals surface area (Å²) >= 11 is 5.97. The average molecular weight is 292 g/mol. The molecule has 0 spiro atoms. The summed E-state index contributed by atoms with van der Waals surface area (Å²) in [5.41, 5.74) is 0.774. The number of hydrogen-bond acceptors (Lipinski definition) is 3. The highest BCUT2D eigenvalue weighted by Gasteiger charge is 2.22. The van der Waals surface area contributed by atoms with Gasteiger partial charge in [0.1, 0.15) is 10.6 Å². The second-order valence-corrected chi connectivity index (χ2v) is 6.27. The van der Waals surface area contributed by atoms with Crippen molar-refractivity contribution in [1.29, 1.82) is 0 Å². The Morgan fingerprint density at radius 2 is 2.06 bits per heavy atom. The largest absolute Gasteiger partial charge is 0.495 e. The molecule has 1 aromatic carbocycles. The maximum atomic E-state index is 12.2. The zero-order chi connectivity index (χ0) is 13.9. The standard InChI is InChI=1S/C12H18ClNO3S/c1-5-9(3)14-18(15,16)12-7-10(13)8(2)6-11(12)17-4/h6-7,9,14H,5H2,1-4H3/t9-/m1/s1. The molecule has 0 bridgehead atoms. The summed E-state index contributed by atoms with van der Waals surface area (Å²) < 4.78 is 32.1. The molecule has 1 aromatic rings. The number of methoxy groups -OCH3 is 1. The van der Waals surface area contributed by atoms with Gasteiger partial charge in [0.05, 0.1) is 7.11 Å². The third-order valence-corrected chi connectivity index (χ3v) is 4.72. The first-order valence-corrected chi connectivity index (χ1v) is 7.54. The van der Waals surface area contributed by atoms with Crippen molar-refractivity contribution in [2.45, 2.75) is 38.1 Å². The van der Waals surface area contributed by atoms with E-state index in [1.807, 2.05) is 6.92 Å². The fraction of sp³-hybridized carbons (Fsp3) is 0.500. The number of ether oxygens (including phenoxy) is 1. The molecule has 0 fully saturated rings. The lowest BCUT2D eigenvalue weighted by atomic mass is 10.2. The van der Waals surface area contributed by atoms with Crippen LogP contribution in [0.1, 0.15) is 25.8 Å². The molecule has 18 heavy (non-hydrogen) atoms. The maximum absolute atomic E-state index is 12.2. The third kappa shape index (κ3) is 3.37. The monoisotopic (exact) mass is 291 g/mol. The first kappa shape index (κ1) is 15.3. The Hall–Kier alpha value is -0.780. The highest BCUT2D eigenvalue weighted by Crippen LogP contribution is 2.30. The lowest BCUT2D eigenvalue weighted by molar-refractivity contribution is 0.401. The maximum Gasteiger partial charge on any atom is 0.244 e. The minimum absolute atomic E-state index is 0.0703. The van der Waals surface area contributed by atoms with E-state index in [2.05, 4.69) is 4.72 Å². The number of aryl methyl sites for hydroxylation is 1. The van der Waals surface area contributed by atoms with Crippen molar-refractivity contribution in [3.8, 4) is 5.75 Å². The molecule has 6 heteroatoms. The molecule has 102 valence electrons. The van der Waals surface area contributed by atoms with E-state index in [4.69, 9.17) is 16.3 Å². The number of rotatable bonds is 5. The summed E-state index contributed by atoms with van der Waals surface area (Å²) in [6.07, 6.45) is 0.709. The van der Waals surface area contributed by atoms with Gasteiger partial charge in [-0.05, 0) is 38.0 Å². The van der Waals surface area contributed by atoms with Crippen LogP contribution in [0.3, 0.4) is 0 Å². The molecule has 0 saturated carbocycles. The number of benzene rings is 1. The van der Waals surface area contributed by atoms with Gasteiger partial charge in [-0.2, -0.15) is 0 Å². The molecule has 0 amide bonds. The molecule has 0 unspecified atom stereocenters. The van der Waals surface area contributed by atoms with Crippen molar-refractivity contribution in [3.63, 3.8) is 0 Å². The van der Waals surface area contributed by atoms with Crippen molar-refractivity contribution >= 4 is 21.6 Å². The van der Waals surface area contributed by atoms with Crippen LogP contribution in [-0.2, 0) is 10.0 Å². The van der Waals surface area contributed by atoms with Crippen LogP contribution >= 0.6 is 11.6 Å². The van der Waals surface area contributed by atoms with E-state index in [1.165, 1.54) is 13.2 Å². The highest BCUT2D eigenvalue weighted by molar-refractivity contribution is 7.89. The summed E-state index contributed by atoms with van der Waals surface area (Å²) in [5, 5.41) is 0.403. The minimum Gasteiger partial charge on any atom is -0.495 e. The zero-order valence-electron chi connectivity index (χ0n) is 11.0. The molecule has 0 aliphatic heterocycles. The highest BCUT2D eigenvalue weighted by atomic mass is 35.5. The first-order valence-electron chi connectivity index (χ1n) is 5.68. The molecule has 0 aromatic heterocycles. The summed E-state index contributed by atoms with van der Waals surface area (Å²) in [6, 6.07) is 2.90. The summed E-state index contributed by atoms with van der Waals surface area (Å²) in [7, 11) is -2.18. The van der Waals surface area contributed by atoms with Gasteiger partial charge in [-0.25, -0.2) is 13.1 Å². The van der Waals surface area contributed by atoms with Crippen molar-refractivity contribution in [1.82, 2.24) is 4.72 Å². The molecule has 1 atom stereocenters. The quantitative estimate of drug-likeness (QED) is 0.907. The third-order valence-electron chi connectivity index (χ3n) is 2.70. The summed E-state index contributed by atoms with van der Waals surface area (Å²) in [4.78, 5) is 0.0703. The van der Waals surface area contributed by atoms with Gasteiger partial charge in [-0.15, -0.1) is 0 Å². The Morgan fingerprint density at radius 1 is 1.44 bits per heavy atom. The van der Waals surface area contributed by atoms with Crippen molar-refractivity contribution < 1.29 is 13.2 Å². The predicted octanol–water partition coefficient (Wildman–Crippen LogP) is 2.73. The number of nitrogens with one attached hydrogen (secondary N) is 1. The van der Waals surface area contributed by atoms with Gasteiger partial charge in [-0.3, -0.25) is 0 Å². The van der Waals surface area contributed by atoms with Crippen LogP contribution in [0, 0.1) is 6.92 Å². The first-order chi connectivity index (χ1) is 8.31. The van der Waals surface area contributed by atoms with E-state index in [-0.39, 0.29) is 10.9 Å². The van der Waals surface area contributed by atoms with Crippen LogP contribution in [-0.4, -0.2) is 21.6 Å². The SMILES string of the molecule is CC[C@@H](C)NS(=O)(=O)c1cc(Cl)c(C)cc1OC. The molecule has 0 aliphatic rings. The molecule has 0 heterocycles. The Morgan fingerprint density at radius 3 is 2.56 bits per heavy atom. The molecule has 0 saturated heterocycles. The topological polar surface area (TPSA) is 55.4 Å².